The van der Waals surface area contributed by atoms with Crippen LogP contribution < -0.4 is 4.72 Å². The van der Waals surface area contributed by atoms with E-state index in [4.69, 9.17) is 11.6 Å². The molecule has 2 aliphatic carbocycles. The molecule has 0 amide bonds. The van der Waals surface area contributed by atoms with E-state index < -0.39 is 15.6 Å². The smallest absolute Gasteiger partial charge is 0.240 e. The predicted molar refractivity (Wildman–Crippen MR) is 103 cm³/mol. The van der Waals surface area contributed by atoms with Crippen LogP contribution in [0, 0.1) is 11.8 Å². The molecule has 0 bridgehead atoms. The topological polar surface area (TPSA) is 78.8 Å². The number of sulfonamides is 1. The normalized spacial score (nSPS) is 31.0. The molecule has 0 saturated heterocycles. The molecule has 27 heavy (non-hydrogen) atoms. The quantitative estimate of drug-likeness (QED) is 0.825. The van der Waals surface area contributed by atoms with Gasteiger partial charge in [0, 0.05) is 17.3 Å². The zero-order valence-corrected chi connectivity index (χ0v) is 16.0. The third-order valence-electron chi connectivity index (χ3n) is 6.05. The van der Waals surface area contributed by atoms with Gasteiger partial charge in [0.1, 0.15) is 0 Å². The largest absolute Gasteiger partial charge is 0.385 e. The van der Waals surface area contributed by atoms with E-state index in [0.717, 1.165) is 16.7 Å². The Labute approximate surface area is 163 Å². The van der Waals surface area contributed by atoms with Crippen molar-refractivity contribution < 1.29 is 13.5 Å². The van der Waals surface area contributed by atoms with Crippen molar-refractivity contribution in [1.82, 2.24) is 4.72 Å². The molecule has 2 N–H and O–H groups in total. The first kappa shape index (κ1) is 17.4. The second kappa shape index (κ2) is 5.88. The third kappa shape index (κ3) is 2.83. The Morgan fingerprint density at radius 3 is 2.56 bits per heavy atom. The monoisotopic (exact) mass is 402 g/mol. The van der Waals surface area contributed by atoms with Gasteiger partial charge in [-0.3, -0.25) is 4.99 Å². The summed E-state index contributed by atoms with van der Waals surface area (Å²) in [6.07, 6.45) is 2.86. The minimum Gasteiger partial charge on any atom is -0.385 e. The lowest BCUT2D eigenvalue weighted by Gasteiger charge is -2.29. The standard InChI is InChI=1S/C20H19ClN2O3S/c21-13-6-12-10-22-11-17(12)18(7-13)20(24)8-15-16(9-20)19(15)23-27(25,26)14-4-2-1-3-5-14/h1-7,10,15-16,19,23-24H,8-9,11H2/t15-,16+,19?,20?. The lowest BCUT2D eigenvalue weighted by molar-refractivity contribution is 0.0280. The molecular weight excluding hydrogens is 384 g/mol. The molecule has 4 atom stereocenters. The molecule has 7 heteroatoms. The molecule has 3 aliphatic rings. The Morgan fingerprint density at radius 1 is 1.15 bits per heavy atom. The molecule has 5 nitrogen and oxygen atoms in total. The van der Waals surface area contributed by atoms with E-state index in [1.807, 2.05) is 12.1 Å². The van der Waals surface area contributed by atoms with Gasteiger partial charge in [-0.15, -0.1) is 0 Å². The highest BCUT2D eigenvalue weighted by Crippen LogP contribution is 2.60. The summed E-state index contributed by atoms with van der Waals surface area (Å²) >= 11 is 6.24. The van der Waals surface area contributed by atoms with Crippen molar-refractivity contribution in [2.24, 2.45) is 16.8 Å². The number of nitrogens with zero attached hydrogens (tertiary/aromatic N) is 1. The van der Waals surface area contributed by atoms with Gasteiger partial charge < -0.3 is 5.11 Å². The summed E-state index contributed by atoms with van der Waals surface area (Å²) in [6, 6.07) is 12.0. The molecule has 1 heterocycles. The first-order valence-electron chi connectivity index (χ1n) is 9.00. The molecule has 2 aromatic carbocycles. The van der Waals surface area contributed by atoms with Crippen molar-refractivity contribution in [3.05, 3.63) is 64.2 Å². The molecule has 1 aliphatic heterocycles. The highest BCUT2D eigenvalue weighted by molar-refractivity contribution is 7.89. The summed E-state index contributed by atoms with van der Waals surface area (Å²) in [6.45, 7) is 0.559. The number of fused-ring (bicyclic) bond motifs is 2. The summed E-state index contributed by atoms with van der Waals surface area (Å²) in [7, 11) is -3.53. The Morgan fingerprint density at radius 2 is 1.85 bits per heavy atom. The fourth-order valence-electron chi connectivity index (χ4n) is 4.71. The Kier molecular flexibility index (Phi) is 3.78. The molecule has 140 valence electrons. The van der Waals surface area contributed by atoms with Gasteiger partial charge in [0.15, 0.2) is 0 Å². The SMILES string of the molecule is O=S(=O)(NC1[C@H]2CC(O)(c3cc(Cl)cc4c3CN=C4)C[C@@H]12)c1ccccc1. The molecule has 0 aromatic heterocycles. The van der Waals surface area contributed by atoms with Crippen LogP contribution in [0.5, 0.6) is 0 Å². The van der Waals surface area contributed by atoms with Crippen LogP contribution in [0.4, 0.5) is 0 Å². The maximum Gasteiger partial charge on any atom is 0.240 e. The van der Waals surface area contributed by atoms with E-state index in [0.29, 0.717) is 24.4 Å². The summed E-state index contributed by atoms with van der Waals surface area (Å²) in [5, 5.41) is 11.9. The molecule has 2 aromatic rings. The molecule has 0 spiro atoms. The van der Waals surface area contributed by atoms with Crippen LogP contribution in [0.15, 0.2) is 52.4 Å². The predicted octanol–water partition coefficient (Wildman–Crippen LogP) is 2.85. The van der Waals surface area contributed by atoms with Gasteiger partial charge in [0.25, 0.3) is 0 Å². The second-order valence-corrected chi connectivity index (χ2v) is 9.87. The number of nitrogens with one attached hydrogen (secondary N) is 1. The van der Waals surface area contributed by atoms with Crippen LogP contribution in [0.2, 0.25) is 5.02 Å². The molecule has 2 saturated carbocycles. The maximum absolute atomic E-state index is 12.5. The van der Waals surface area contributed by atoms with Crippen molar-refractivity contribution in [1.29, 1.82) is 0 Å². The van der Waals surface area contributed by atoms with Crippen LogP contribution in [0.25, 0.3) is 0 Å². The van der Waals surface area contributed by atoms with E-state index in [1.165, 1.54) is 0 Å². The number of aliphatic hydroxyl groups is 1. The summed E-state index contributed by atoms with van der Waals surface area (Å²) in [5.41, 5.74) is 1.88. The van der Waals surface area contributed by atoms with Crippen molar-refractivity contribution in [3.63, 3.8) is 0 Å². The van der Waals surface area contributed by atoms with Gasteiger partial charge in [0.2, 0.25) is 10.0 Å². The molecular formula is C20H19ClN2O3S. The lowest BCUT2D eigenvalue weighted by atomic mass is 9.84. The summed E-state index contributed by atoms with van der Waals surface area (Å²) in [4.78, 5) is 4.57. The van der Waals surface area contributed by atoms with E-state index in [-0.39, 0.29) is 22.8 Å². The molecule has 2 unspecified atom stereocenters. The summed E-state index contributed by atoms with van der Waals surface area (Å²) in [5.74, 6) is 0.288. The molecule has 0 radical (unpaired) electrons. The van der Waals surface area contributed by atoms with Crippen LogP contribution in [-0.4, -0.2) is 25.8 Å². The number of halogens is 1. The van der Waals surface area contributed by atoms with E-state index in [1.54, 1.807) is 36.5 Å². The highest BCUT2D eigenvalue weighted by atomic mass is 35.5. The number of hydrogen-bond donors (Lipinski definition) is 2. The van der Waals surface area contributed by atoms with Crippen LogP contribution in [0.3, 0.4) is 0 Å². The Bertz CT molecular complexity index is 1040. The van der Waals surface area contributed by atoms with Crippen molar-refractivity contribution in [2.45, 2.75) is 35.9 Å². The first-order chi connectivity index (χ1) is 12.9. The number of hydrogen-bond acceptors (Lipinski definition) is 4. The summed E-state index contributed by atoms with van der Waals surface area (Å²) < 4.78 is 27.9. The number of benzene rings is 2. The van der Waals surface area contributed by atoms with Gasteiger partial charge in [-0.25, -0.2) is 13.1 Å². The maximum atomic E-state index is 12.5. The second-order valence-electron chi connectivity index (χ2n) is 7.72. The van der Waals surface area contributed by atoms with E-state index in [9.17, 15) is 13.5 Å². The molecule has 5 rings (SSSR count). The van der Waals surface area contributed by atoms with Crippen LogP contribution in [-0.2, 0) is 22.2 Å². The lowest BCUT2D eigenvalue weighted by Crippen LogP contribution is -2.34. The Balaban J connectivity index is 1.34. The van der Waals surface area contributed by atoms with Crippen molar-refractivity contribution in [2.75, 3.05) is 0 Å². The van der Waals surface area contributed by atoms with Gasteiger partial charge in [-0.05, 0) is 65.6 Å². The fourth-order valence-corrected chi connectivity index (χ4v) is 6.29. The van der Waals surface area contributed by atoms with E-state index >= 15 is 0 Å². The zero-order chi connectivity index (χ0) is 18.8. The van der Waals surface area contributed by atoms with Gasteiger partial charge >= 0.3 is 0 Å². The average Bonchev–Trinajstić information content (AvgIpc) is 3.02. The van der Waals surface area contributed by atoms with Gasteiger partial charge in [0.05, 0.1) is 17.0 Å². The van der Waals surface area contributed by atoms with Gasteiger partial charge in [-0.2, -0.15) is 0 Å². The minimum atomic E-state index is -3.53. The van der Waals surface area contributed by atoms with Crippen LogP contribution in [0.1, 0.15) is 29.5 Å². The fraction of sp³-hybridized carbons (Fsp3) is 0.350. The third-order valence-corrected chi connectivity index (χ3v) is 7.75. The number of aliphatic imine (C=N–C) groups is 1. The number of rotatable bonds is 4. The average molecular weight is 403 g/mol. The van der Waals surface area contributed by atoms with Crippen molar-refractivity contribution >= 4 is 27.8 Å². The zero-order valence-electron chi connectivity index (χ0n) is 14.5. The van der Waals surface area contributed by atoms with E-state index in [2.05, 4.69) is 9.71 Å². The van der Waals surface area contributed by atoms with Crippen LogP contribution >= 0.6 is 11.6 Å². The van der Waals surface area contributed by atoms with Gasteiger partial charge in [-0.1, -0.05) is 29.8 Å². The van der Waals surface area contributed by atoms with Crippen molar-refractivity contribution in [3.8, 4) is 0 Å². The Hall–Kier alpha value is -1.73. The first-order valence-corrected chi connectivity index (χ1v) is 10.9. The minimum absolute atomic E-state index is 0.112. The molecule has 2 fully saturated rings. The highest BCUT2D eigenvalue weighted by Gasteiger charge is 2.63.